The molecule has 0 aliphatic carbocycles. The molecule has 23 heavy (non-hydrogen) atoms. The Hall–Kier alpha value is -1.38. The quantitative estimate of drug-likeness (QED) is 0.517. The lowest BCUT2D eigenvalue weighted by molar-refractivity contribution is -0.156. The number of amides is 1. The van der Waals surface area contributed by atoms with Crippen LogP contribution in [0.3, 0.4) is 0 Å². The molecule has 0 saturated heterocycles. The number of rotatable bonds is 8. The molecule has 136 valence electrons. The minimum atomic E-state index is -0.768. The first-order valence-corrected chi connectivity index (χ1v) is 7.15. The first kappa shape index (κ1) is 23.9. The molecule has 0 rings (SSSR count). The van der Waals surface area contributed by atoms with Crippen molar-refractivity contribution >= 4 is 30.3 Å². The van der Waals surface area contributed by atoms with Gasteiger partial charge in [-0.2, -0.15) is 0 Å². The van der Waals surface area contributed by atoms with E-state index in [9.17, 15) is 14.4 Å². The molecule has 0 saturated carbocycles. The fraction of sp³-hybridized carbons (Fsp3) is 0.786. The Kier molecular flexibility index (Phi) is 11.6. The van der Waals surface area contributed by atoms with E-state index >= 15 is 0 Å². The van der Waals surface area contributed by atoms with Crippen LogP contribution in [0.4, 0.5) is 0 Å². The molecule has 0 aromatic rings. The second kappa shape index (κ2) is 11.2. The summed E-state index contributed by atoms with van der Waals surface area (Å²) in [6, 6.07) is -1.51. The lowest BCUT2D eigenvalue weighted by Gasteiger charge is -2.22. The van der Waals surface area contributed by atoms with E-state index in [1.165, 1.54) is 7.11 Å². The topological polar surface area (TPSA) is 134 Å². The van der Waals surface area contributed by atoms with Gasteiger partial charge in [0.1, 0.15) is 18.2 Å². The molecule has 0 aromatic heterocycles. The van der Waals surface area contributed by atoms with Crippen molar-refractivity contribution in [1.29, 1.82) is 0 Å². The first-order valence-electron chi connectivity index (χ1n) is 7.15. The van der Waals surface area contributed by atoms with Crippen LogP contribution in [0, 0.1) is 0 Å². The van der Waals surface area contributed by atoms with E-state index in [-0.39, 0.29) is 19.0 Å². The largest absolute Gasteiger partial charge is 0.468 e. The maximum absolute atomic E-state index is 11.7. The van der Waals surface area contributed by atoms with Crippen LogP contribution in [0.25, 0.3) is 0 Å². The van der Waals surface area contributed by atoms with Crippen LogP contribution in [0.5, 0.6) is 0 Å². The van der Waals surface area contributed by atoms with E-state index in [1.54, 1.807) is 20.8 Å². The third-order valence-corrected chi connectivity index (χ3v) is 2.71. The smallest absolute Gasteiger partial charge is 0.325 e. The molecule has 5 N–H and O–H groups in total. The summed E-state index contributed by atoms with van der Waals surface area (Å²) in [6.45, 7) is 5.07. The fourth-order valence-electron chi connectivity index (χ4n) is 1.55. The number of halogens is 1. The van der Waals surface area contributed by atoms with Crippen molar-refractivity contribution < 1.29 is 23.9 Å². The number of hydrogen-bond donors (Lipinski definition) is 3. The number of methoxy groups -OCH3 is 1. The molecule has 1 unspecified atom stereocenters. The number of carbonyl (C=O) groups is 3. The minimum absolute atomic E-state index is 0. The standard InChI is InChI=1S/C14H27N3O5.ClH/c1-14(2,3)22-13(20)10(16)7-5-6-9(15)12(19)17-8-11(18)21-4;/h9-10H,5-8,15-16H2,1-4H3,(H,17,19);1H/t9-,10?;/m0./s1. The summed E-state index contributed by atoms with van der Waals surface area (Å²) in [5.74, 6) is -1.47. The van der Waals surface area contributed by atoms with Crippen LogP contribution in [0.15, 0.2) is 0 Å². The zero-order valence-electron chi connectivity index (χ0n) is 14.1. The van der Waals surface area contributed by atoms with Gasteiger partial charge in [0.05, 0.1) is 13.2 Å². The summed E-state index contributed by atoms with van der Waals surface area (Å²) in [5.41, 5.74) is 10.8. The van der Waals surface area contributed by atoms with Crippen LogP contribution in [-0.4, -0.2) is 49.2 Å². The number of ether oxygens (including phenoxy) is 2. The zero-order valence-corrected chi connectivity index (χ0v) is 14.9. The molecule has 0 radical (unpaired) electrons. The highest BCUT2D eigenvalue weighted by Gasteiger charge is 2.22. The molecule has 0 bridgehead atoms. The predicted octanol–water partition coefficient (Wildman–Crippen LogP) is -0.136. The molecule has 9 heteroatoms. The second-order valence-electron chi connectivity index (χ2n) is 5.97. The monoisotopic (exact) mass is 353 g/mol. The fourth-order valence-corrected chi connectivity index (χ4v) is 1.55. The lowest BCUT2D eigenvalue weighted by Crippen LogP contribution is -2.43. The second-order valence-corrected chi connectivity index (χ2v) is 5.97. The van der Waals surface area contributed by atoms with Crippen molar-refractivity contribution in [3.05, 3.63) is 0 Å². The maximum atomic E-state index is 11.7. The van der Waals surface area contributed by atoms with Gasteiger partial charge in [-0.25, -0.2) is 0 Å². The molecular formula is C14H28ClN3O5. The van der Waals surface area contributed by atoms with Gasteiger partial charge in [0, 0.05) is 0 Å². The number of nitrogens with two attached hydrogens (primary N) is 2. The van der Waals surface area contributed by atoms with E-state index in [0.717, 1.165) is 0 Å². The van der Waals surface area contributed by atoms with Gasteiger partial charge in [-0.1, -0.05) is 0 Å². The van der Waals surface area contributed by atoms with E-state index in [4.69, 9.17) is 16.2 Å². The highest BCUT2D eigenvalue weighted by molar-refractivity contribution is 5.85. The van der Waals surface area contributed by atoms with Crippen molar-refractivity contribution in [2.45, 2.75) is 57.7 Å². The van der Waals surface area contributed by atoms with Gasteiger partial charge >= 0.3 is 11.9 Å². The molecule has 0 aliphatic rings. The Balaban J connectivity index is 0. The van der Waals surface area contributed by atoms with Gasteiger partial charge in [-0.15, -0.1) is 12.4 Å². The summed E-state index contributed by atoms with van der Waals surface area (Å²) in [4.78, 5) is 34.1. The van der Waals surface area contributed by atoms with Crippen molar-refractivity contribution in [3.63, 3.8) is 0 Å². The highest BCUT2D eigenvalue weighted by atomic mass is 35.5. The predicted molar refractivity (Wildman–Crippen MR) is 87.9 cm³/mol. The molecule has 0 heterocycles. The zero-order chi connectivity index (χ0) is 17.3. The van der Waals surface area contributed by atoms with Crippen LogP contribution in [-0.2, 0) is 23.9 Å². The number of esters is 2. The van der Waals surface area contributed by atoms with Gasteiger partial charge < -0.3 is 26.3 Å². The molecule has 0 fully saturated rings. The van der Waals surface area contributed by atoms with Crippen molar-refractivity contribution in [2.24, 2.45) is 11.5 Å². The molecule has 8 nitrogen and oxygen atoms in total. The van der Waals surface area contributed by atoms with E-state index in [0.29, 0.717) is 19.3 Å². The van der Waals surface area contributed by atoms with Gasteiger partial charge in [-0.3, -0.25) is 14.4 Å². The molecule has 2 atom stereocenters. The van der Waals surface area contributed by atoms with Crippen molar-refractivity contribution in [2.75, 3.05) is 13.7 Å². The number of carbonyl (C=O) groups excluding carboxylic acids is 3. The van der Waals surface area contributed by atoms with Gasteiger partial charge in [0.2, 0.25) is 5.91 Å². The summed E-state index contributed by atoms with van der Waals surface area (Å²) in [5, 5.41) is 2.36. The SMILES string of the molecule is COC(=O)CNC(=O)[C@@H](N)CCCC(N)C(=O)OC(C)(C)C.Cl. The van der Waals surface area contributed by atoms with Crippen LogP contribution < -0.4 is 16.8 Å². The summed E-state index contributed by atoms with van der Waals surface area (Å²) in [6.07, 6.45) is 1.21. The average molecular weight is 354 g/mol. The minimum Gasteiger partial charge on any atom is -0.468 e. The molecule has 0 aromatic carbocycles. The summed E-state index contributed by atoms with van der Waals surface area (Å²) in [7, 11) is 1.23. The summed E-state index contributed by atoms with van der Waals surface area (Å²) < 4.78 is 9.55. The number of nitrogens with one attached hydrogen (secondary N) is 1. The van der Waals surface area contributed by atoms with Crippen LogP contribution >= 0.6 is 12.4 Å². The Bertz CT molecular complexity index is 398. The van der Waals surface area contributed by atoms with Crippen LogP contribution in [0.2, 0.25) is 0 Å². The first-order chi connectivity index (χ1) is 10.1. The van der Waals surface area contributed by atoms with Gasteiger partial charge in [-0.05, 0) is 40.0 Å². The Morgan fingerprint density at radius 2 is 1.61 bits per heavy atom. The third-order valence-electron chi connectivity index (χ3n) is 2.71. The van der Waals surface area contributed by atoms with E-state index in [2.05, 4.69) is 10.1 Å². The van der Waals surface area contributed by atoms with Gasteiger partial charge in [0.25, 0.3) is 0 Å². The van der Waals surface area contributed by atoms with Crippen molar-refractivity contribution in [3.8, 4) is 0 Å². The average Bonchev–Trinajstić information content (AvgIpc) is 2.41. The highest BCUT2D eigenvalue weighted by Crippen LogP contribution is 2.10. The van der Waals surface area contributed by atoms with E-state index < -0.39 is 35.5 Å². The molecule has 0 spiro atoms. The van der Waals surface area contributed by atoms with E-state index in [1.807, 2.05) is 0 Å². The molecular weight excluding hydrogens is 326 g/mol. The summed E-state index contributed by atoms with van der Waals surface area (Å²) >= 11 is 0. The third kappa shape index (κ3) is 11.8. The Morgan fingerprint density at radius 3 is 2.09 bits per heavy atom. The Morgan fingerprint density at radius 1 is 1.09 bits per heavy atom. The Labute approximate surface area is 143 Å². The van der Waals surface area contributed by atoms with Gasteiger partial charge in [0.15, 0.2) is 0 Å². The number of hydrogen-bond acceptors (Lipinski definition) is 7. The lowest BCUT2D eigenvalue weighted by atomic mass is 10.1. The van der Waals surface area contributed by atoms with Crippen molar-refractivity contribution in [1.82, 2.24) is 5.32 Å². The van der Waals surface area contributed by atoms with Crippen LogP contribution in [0.1, 0.15) is 40.0 Å². The normalized spacial score (nSPS) is 13.3. The maximum Gasteiger partial charge on any atom is 0.325 e. The molecule has 1 amide bonds. The molecule has 0 aliphatic heterocycles.